The molecule has 9 heteroatoms. The van der Waals surface area contributed by atoms with Crippen molar-refractivity contribution in [2.24, 2.45) is 5.41 Å². The van der Waals surface area contributed by atoms with E-state index in [0.29, 0.717) is 28.1 Å². The van der Waals surface area contributed by atoms with Gasteiger partial charge < -0.3 is 20.1 Å². The Morgan fingerprint density at radius 1 is 1.19 bits per heavy atom. The van der Waals surface area contributed by atoms with Crippen molar-refractivity contribution in [2.75, 3.05) is 31.6 Å². The van der Waals surface area contributed by atoms with Gasteiger partial charge in [-0.05, 0) is 48.5 Å². The topological polar surface area (TPSA) is 92.5 Å². The lowest BCUT2D eigenvalue weighted by atomic mass is 9.78. The van der Waals surface area contributed by atoms with Crippen molar-refractivity contribution >= 4 is 23.2 Å². The second kappa shape index (κ2) is 6.98. The van der Waals surface area contributed by atoms with Gasteiger partial charge in [-0.1, -0.05) is 5.21 Å². The summed E-state index contributed by atoms with van der Waals surface area (Å²) >= 11 is 0. The monoisotopic (exact) mass is 433 g/mol. The molecular weight excluding hydrogens is 413 g/mol. The van der Waals surface area contributed by atoms with Gasteiger partial charge in [0.15, 0.2) is 6.23 Å². The molecule has 162 valence electrons. The zero-order valence-electron chi connectivity index (χ0n) is 17.0. The van der Waals surface area contributed by atoms with Crippen LogP contribution in [0.5, 0.6) is 0 Å². The SMILES string of the molecule is O=C(c1ccc(-n2cc(C3=Cc4cc(F)ccc4NC3O)nn2)cc1)N1CC2(COC2)C1. The third-order valence-electron chi connectivity index (χ3n) is 6.24. The number of fused-ring (bicyclic) bond motifs is 1. The highest BCUT2D eigenvalue weighted by molar-refractivity contribution is 5.95. The number of carbonyl (C=O) groups is 1. The Balaban J connectivity index is 1.20. The number of benzene rings is 2. The Labute approximate surface area is 182 Å². The standard InChI is InChI=1S/C23H20FN5O3/c24-16-3-6-19-15(7-16)8-18(21(30)25-19)20-9-29(27-26-20)17-4-1-14(2-5-17)22(31)28-10-23(11-28)12-32-13-23/h1-9,21,25,30H,10-13H2. The van der Waals surface area contributed by atoms with Crippen LogP contribution in [-0.2, 0) is 4.74 Å². The van der Waals surface area contributed by atoms with Gasteiger partial charge in [-0.2, -0.15) is 0 Å². The van der Waals surface area contributed by atoms with Crippen LogP contribution in [0.1, 0.15) is 21.6 Å². The van der Waals surface area contributed by atoms with Gasteiger partial charge in [0, 0.05) is 35.5 Å². The van der Waals surface area contributed by atoms with E-state index in [2.05, 4.69) is 15.6 Å². The van der Waals surface area contributed by atoms with Crippen LogP contribution in [0.2, 0.25) is 0 Å². The molecule has 3 aromatic rings. The maximum atomic E-state index is 13.6. The molecule has 4 heterocycles. The number of aromatic nitrogens is 3. The van der Waals surface area contributed by atoms with Gasteiger partial charge in [-0.3, -0.25) is 4.79 Å². The van der Waals surface area contributed by atoms with E-state index in [1.54, 1.807) is 35.2 Å². The fraction of sp³-hybridized carbons (Fsp3) is 0.261. The van der Waals surface area contributed by atoms with Gasteiger partial charge in [-0.15, -0.1) is 5.10 Å². The quantitative estimate of drug-likeness (QED) is 0.658. The van der Waals surface area contributed by atoms with Crippen LogP contribution in [0.4, 0.5) is 10.1 Å². The number of aliphatic hydroxyl groups is 1. The summed E-state index contributed by atoms with van der Waals surface area (Å²) < 4.78 is 20.4. The highest BCUT2D eigenvalue weighted by Gasteiger charge is 2.50. The molecule has 2 aromatic carbocycles. The number of hydrogen-bond donors (Lipinski definition) is 2. The highest BCUT2D eigenvalue weighted by atomic mass is 19.1. The molecular formula is C23H20FN5O3. The molecule has 32 heavy (non-hydrogen) atoms. The van der Waals surface area contributed by atoms with E-state index in [1.165, 1.54) is 12.1 Å². The number of ether oxygens (including phenoxy) is 1. The fourth-order valence-corrected chi connectivity index (χ4v) is 4.41. The van der Waals surface area contributed by atoms with Crippen molar-refractivity contribution in [3.63, 3.8) is 0 Å². The largest absolute Gasteiger partial charge is 0.380 e. The first-order valence-electron chi connectivity index (χ1n) is 10.4. The van der Waals surface area contributed by atoms with E-state index in [4.69, 9.17) is 4.74 Å². The number of nitrogens with one attached hydrogen (secondary N) is 1. The lowest BCUT2D eigenvalue weighted by Gasteiger charge is -2.54. The van der Waals surface area contributed by atoms with Crippen LogP contribution >= 0.6 is 0 Å². The zero-order chi connectivity index (χ0) is 21.9. The predicted octanol–water partition coefficient (Wildman–Crippen LogP) is 2.16. The van der Waals surface area contributed by atoms with Crippen molar-refractivity contribution in [2.45, 2.75) is 6.23 Å². The van der Waals surface area contributed by atoms with E-state index in [9.17, 15) is 14.3 Å². The maximum Gasteiger partial charge on any atom is 0.253 e. The first kappa shape index (κ1) is 19.1. The summed E-state index contributed by atoms with van der Waals surface area (Å²) in [4.78, 5) is 14.5. The average Bonchev–Trinajstić information content (AvgIpc) is 3.21. The van der Waals surface area contributed by atoms with Gasteiger partial charge in [0.05, 0.1) is 30.5 Å². The van der Waals surface area contributed by atoms with Crippen molar-refractivity contribution in [3.8, 4) is 5.69 Å². The van der Waals surface area contributed by atoms with Crippen LogP contribution in [0, 0.1) is 11.2 Å². The summed E-state index contributed by atoms with van der Waals surface area (Å²) in [7, 11) is 0. The minimum atomic E-state index is -0.987. The molecule has 2 fully saturated rings. The molecule has 0 aliphatic carbocycles. The number of nitrogens with zero attached hydrogens (tertiary/aromatic N) is 4. The van der Waals surface area contributed by atoms with E-state index < -0.39 is 6.23 Å². The lowest BCUT2D eigenvalue weighted by molar-refractivity contribution is -0.176. The molecule has 3 aliphatic rings. The van der Waals surface area contributed by atoms with E-state index in [1.807, 2.05) is 17.0 Å². The Morgan fingerprint density at radius 2 is 1.97 bits per heavy atom. The van der Waals surface area contributed by atoms with E-state index >= 15 is 0 Å². The highest BCUT2D eigenvalue weighted by Crippen LogP contribution is 2.38. The van der Waals surface area contributed by atoms with Crippen LogP contribution < -0.4 is 5.32 Å². The van der Waals surface area contributed by atoms with Crippen molar-refractivity contribution < 1.29 is 19.0 Å². The first-order valence-corrected chi connectivity index (χ1v) is 10.4. The lowest BCUT2D eigenvalue weighted by Crippen LogP contribution is -2.67. The maximum absolute atomic E-state index is 13.6. The summed E-state index contributed by atoms with van der Waals surface area (Å²) in [5.74, 6) is -0.342. The Hall–Kier alpha value is -3.56. The molecule has 1 aromatic heterocycles. The smallest absolute Gasteiger partial charge is 0.253 e. The third-order valence-corrected chi connectivity index (χ3v) is 6.24. The minimum absolute atomic E-state index is 0.0146. The van der Waals surface area contributed by atoms with Crippen LogP contribution in [0.3, 0.4) is 0 Å². The summed E-state index contributed by atoms with van der Waals surface area (Å²) in [6.07, 6.45) is 2.40. The number of anilines is 1. The minimum Gasteiger partial charge on any atom is -0.380 e. The molecule has 8 nitrogen and oxygen atoms in total. The molecule has 1 spiro atoms. The molecule has 1 unspecified atom stereocenters. The van der Waals surface area contributed by atoms with Crippen molar-refractivity contribution in [1.29, 1.82) is 0 Å². The number of amides is 1. The molecule has 0 bridgehead atoms. The molecule has 2 N–H and O–H groups in total. The second-order valence-electron chi connectivity index (χ2n) is 8.63. The molecule has 3 aliphatic heterocycles. The molecule has 0 saturated carbocycles. The van der Waals surface area contributed by atoms with Gasteiger partial charge in [-0.25, -0.2) is 9.07 Å². The van der Waals surface area contributed by atoms with E-state index in [-0.39, 0.29) is 17.1 Å². The van der Waals surface area contributed by atoms with Gasteiger partial charge >= 0.3 is 0 Å². The second-order valence-corrected chi connectivity index (χ2v) is 8.63. The van der Waals surface area contributed by atoms with E-state index in [0.717, 1.165) is 32.0 Å². The van der Waals surface area contributed by atoms with Gasteiger partial charge in [0.1, 0.15) is 11.5 Å². The number of rotatable bonds is 3. The molecule has 1 atom stereocenters. The Kier molecular flexibility index (Phi) is 4.17. The average molecular weight is 433 g/mol. The number of halogens is 1. The summed E-state index contributed by atoms with van der Waals surface area (Å²) in [5.41, 5.74) is 3.78. The van der Waals surface area contributed by atoms with Crippen LogP contribution in [0.15, 0.2) is 48.7 Å². The number of likely N-dealkylation sites (tertiary alicyclic amines) is 1. The number of hydrogen-bond acceptors (Lipinski definition) is 6. The number of aliphatic hydroxyl groups excluding tert-OH is 1. The fourth-order valence-electron chi connectivity index (χ4n) is 4.41. The molecule has 0 radical (unpaired) electrons. The molecule has 1 amide bonds. The summed E-state index contributed by atoms with van der Waals surface area (Å²) in [5, 5.41) is 21.7. The van der Waals surface area contributed by atoms with Gasteiger partial charge in [0.25, 0.3) is 5.91 Å². The zero-order valence-corrected chi connectivity index (χ0v) is 17.0. The Morgan fingerprint density at radius 3 is 2.69 bits per heavy atom. The van der Waals surface area contributed by atoms with Crippen LogP contribution in [0.25, 0.3) is 17.3 Å². The summed E-state index contributed by atoms with van der Waals surface area (Å²) in [6.45, 7) is 2.98. The van der Waals surface area contributed by atoms with Crippen LogP contribution in [-0.4, -0.2) is 63.4 Å². The third kappa shape index (κ3) is 3.09. The summed E-state index contributed by atoms with van der Waals surface area (Å²) in [6, 6.07) is 11.5. The first-order chi connectivity index (χ1) is 15.5. The predicted molar refractivity (Wildman–Crippen MR) is 114 cm³/mol. The van der Waals surface area contributed by atoms with Crippen molar-refractivity contribution in [3.05, 3.63) is 71.3 Å². The normalized spacial score (nSPS) is 20.6. The molecule has 2 saturated heterocycles. The van der Waals surface area contributed by atoms with Crippen molar-refractivity contribution in [1.82, 2.24) is 19.9 Å². The van der Waals surface area contributed by atoms with Gasteiger partial charge in [0.2, 0.25) is 0 Å². The molecule has 6 rings (SSSR count). The number of carbonyl (C=O) groups excluding carboxylic acids is 1. The Bertz CT molecular complexity index is 1240.